The molecule has 1 aromatic carbocycles. The molecule has 0 radical (unpaired) electrons. The Hall–Kier alpha value is -1.62. The molecular weight excluding hydrogens is 243 g/mol. The van der Waals surface area contributed by atoms with Gasteiger partial charge in [-0.3, -0.25) is 4.99 Å². The van der Waals surface area contributed by atoms with Gasteiger partial charge in [0.25, 0.3) is 0 Å². The fraction of sp³-hybridized carbons (Fsp3) is 0.500. The third kappa shape index (κ3) is 2.08. The number of nitrogens with zero attached hydrogens (tertiary/aromatic N) is 3. The maximum Gasteiger partial charge on any atom is 0.196 e. The fourth-order valence-corrected chi connectivity index (χ4v) is 3.05. The van der Waals surface area contributed by atoms with Crippen molar-refractivity contribution < 1.29 is 4.39 Å². The lowest BCUT2D eigenvalue weighted by atomic mass is 9.86. The first-order chi connectivity index (χ1) is 9.11. The number of aliphatic imine (C=N–C) groups is 1. The summed E-state index contributed by atoms with van der Waals surface area (Å²) in [6.45, 7) is 2.76. The summed E-state index contributed by atoms with van der Waals surface area (Å²) < 4.78 is 13.4. The Morgan fingerprint density at radius 2 is 2.05 bits per heavy atom. The zero-order chi connectivity index (χ0) is 13.5. The van der Waals surface area contributed by atoms with E-state index < -0.39 is 0 Å². The lowest BCUT2D eigenvalue weighted by Gasteiger charge is -2.44. The molecule has 4 nitrogen and oxygen atoms in total. The first-order valence-corrected chi connectivity index (χ1v) is 6.65. The molecule has 0 aromatic heterocycles. The average Bonchev–Trinajstić information content (AvgIpc) is 2.71. The highest BCUT2D eigenvalue weighted by Gasteiger charge is 2.44. The highest BCUT2D eigenvalue weighted by atomic mass is 19.1. The molecule has 2 N–H and O–H groups in total. The summed E-state index contributed by atoms with van der Waals surface area (Å²) >= 11 is 0. The number of guanidine groups is 1. The van der Waals surface area contributed by atoms with Crippen molar-refractivity contribution >= 4 is 11.6 Å². The van der Waals surface area contributed by atoms with E-state index in [4.69, 9.17) is 5.73 Å². The van der Waals surface area contributed by atoms with Crippen LogP contribution in [0, 0.1) is 5.82 Å². The van der Waals surface area contributed by atoms with Crippen LogP contribution >= 0.6 is 0 Å². The molecule has 1 fully saturated rings. The van der Waals surface area contributed by atoms with Gasteiger partial charge in [0, 0.05) is 18.8 Å². The van der Waals surface area contributed by atoms with Gasteiger partial charge in [0.1, 0.15) is 5.82 Å². The SMILES string of the molecule is CN1CCC2(CC1)CN=C(N)N2c1cccc(F)c1. The predicted molar refractivity (Wildman–Crippen MR) is 74.8 cm³/mol. The molecule has 0 aliphatic carbocycles. The molecule has 1 saturated heterocycles. The van der Waals surface area contributed by atoms with Crippen molar-refractivity contribution in [2.75, 3.05) is 31.6 Å². The Labute approximate surface area is 112 Å². The molecule has 0 atom stereocenters. The summed E-state index contributed by atoms with van der Waals surface area (Å²) in [4.78, 5) is 8.74. The van der Waals surface area contributed by atoms with Gasteiger partial charge in [-0.05, 0) is 38.1 Å². The van der Waals surface area contributed by atoms with Crippen molar-refractivity contribution in [1.82, 2.24) is 4.90 Å². The van der Waals surface area contributed by atoms with Crippen LogP contribution in [0.15, 0.2) is 29.3 Å². The van der Waals surface area contributed by atoms with Gasteiger partial charge in [0.2, 0.25) is 0 Å². The van der Waals surface area contributed by atoms with Crippen LogP contribution in [-0.2, 0) is 0 Å². The second-order valence-corrected chi connectivity index (χ2v) is 5.52. The number of rotatable bonds is 1. The van der Waals surface area contributed by atoms with E-state index in [0.717, 1.165) is 31.6 Å². The minimum atomic E-state index is -0.236. The molecule has 2 heterocycles. The predicted octanol–water partition coefficient (Wildman–Crippen LogP) is 1.42. The normalized spacial score (nSPS) is 22.8. The number of benzene rings is 1. The van der Waals surface area contributed by atoms with Gasteiger partial charge in [0.05, 0.1) is 12.1 Å². The molecule has 5 heteroatoms. The average molecular weight is 262 g/mol. The third-order valence-electron chi connectivity index (χ3n) is 4.22. The van der Waals surface area contributed by atoms with E-state index in [2.05, 4.69) is 16.9 Å². The van der Waals surface area contributed by atoms with E-state index in [1.807, 2.05) is 11.0 Å². The Kier molecular flexibility index (Phi) is 2.93. The lowest BCUT2D eigenvalue weighted by Crippen LogP contribution is -2.57. The Morgan fingerprint density at radius 1 is 1.32 bits per heavy atom. The summed E-state index contributed by atoms with van der Waals surface area (Å²) in [5.74, 6) is 0.274. The highest BCUT2D eigenvalue weighted by Crippen LogP contribution is 2.36. The number of nitrogens with two attached hydrogens (primary N) is 1. The Morgan fingerprint density at radius 3 is 2.74 bits per heavy atom. The lowest BCUT2D eigenvalue weighted by molar-refractivity contribution is 0.202. The van der Waals surface area contributed by atoms with Gasteiger partial charge >= 0.3 is 0 Å². The van der Waals surface area contributed by atoms with E-state index >= 15 is 0 Å². The van der Waals surface area contributed by atoms with Gasteiger partial charge < -0.3 is 15.5 Å². The summed E-state index contributed by atoms with van der Waals surface area (Å²) in [7, 11) is 2.12. The van der Waals surface area contributed by atoms with Crippen molar-refractivity contribution in [2.45, 2.75) is 18.4 Å². The van der Waals surface area contributed by atoms with Gasteiger partial charge in [-0.1, -0.05) is 6.07 Å². The monoisotopic (exact) mass is 262 g/mol. The molecule has 0 unspecified atom stereocenters. The second-order valence-electron chi connectivity index (χ2n) is 5.52. The van der Waals surface area contributed by atoms with Crippen LogP contribution in [0.3, 0.4) is 0 Å². The number of halogens is 1. The van der Waals surface area contributed by atoms with Gasteiger partial charge in [-0.25, -0.2) is 4.39 Å². The second kappa shape index (κ2) is 4.49. The van der Waals surface area contributed by atoms with Crippen LogP contribution in [0.1, 0.15) is 12.8 Å². The summed E-state index contributed by atoms with van der Waals surface area (Å²) in [5, 5.41) is 0. The van der Waals surface area contributed by atoms with Crippen molar-refractivity contribution in [3.63, 3.8) is 0 Å². The first kappa shape index (κ1) is 12.4. The van der Waals surface area contributed by atoms with Gasteiger partial charge in [0.15, 0.2) is 5.96 Å². The summed E-state index contributed by atoms with van der Waals surface area (Å²) in [6, 6.07) is 6.61. The van der Waals surface area contributed by atoms with Crippen molar-refractivity contribution in [2.24, 2.45) is 10.7 Å². The van der Waals surface area contributed by atoms with Crippen molar-refractivity contribution in [1.29, 1.82) is 0 Å². The molecule has 3 rings (SSSR count). The van der Waals surface area contributed by atoms with Crippen LogP contribution in [0.25, 0.3) is 0 Å². The van der Waals surface area contributed by atoms with E-state index in [1.54, 1.807) is 6.07 Å². The quantitative estimate of drug-likeness (QED) is 0.832. The number of piperidine rings is 1. The van der Waals surface area contributed by atoms with Crippen LogP contribution in [0.4, 0.5) is 10.1 Å². The summed E-state index contributed by atoms with van der Waals surface area (Å²) in [6.07, 6.45) is 2.01. The summed E-state index contributed by atoms with van der Waals surface area (Å²) in [5.41, 5.74) is 6.78. The molecule has 19 heavy (non-hydrogen) atoms. The largest absolute Gasteiger partial charge is 0.369 e. The Balaban J connectivity index is 1.94. The molecule has 0 amide bonds. The Bertz CT molecular complexity index is 506. The van der Waals surface area contributed by atoms with Gasteiger partial charge in [-0.2, -0.15) is 0 Å². The number of hydrogen-bond donors (Lipinski definition) is 1. The molecule has 1 aromatic rings. The molecule has 0 saturated carbocycles. The van der Waals surface area contributed by atoms with E-state index in [1.165, 1.54) is 12.1 Å². The van der Waals surface area contributed by atoms with Crippen LogP contribution in [0.2, 0.25) is 0 Å². The minimum Gasteiger partial charge on any atom is -0.369 e. The standard InChI is InChI=1S/C14H19FN4/c1-18-7-5-14(6-8-18)10-17-13(16)19(14)12-4-2-3-11(15)9-12/h2-4,9H,5-8,10H2,1H3,(H2,16,17). The number of hydrogen-bond acceptors (Lipinski definition) is 4. The fourth-order valence-electron chi connectivity index (χ4n) is 3.05. The molecule has 2 aliphatic rings. The zero-order valence-corrected chi connectivity index (χ0v) is 11.1. The topological polar surface area (TPSA) is 44.9 Å². The molecule has 102 valence electrons. The first-order valence-electron chi connectivity index (χ1n) is 6.65. The minimum absolute atomic E-state index is 0.0651. The number of anilines is 1. The molecule has 2 aliphatic heterocycles. The maximum atomic E-state index is 13.4. The molecule has 0 bridgehead atoms. The van der Waals surface area contributed by atoms with E-state index in [9.17, 15) is 4.39 Å². The van der Waals surface area contributed by atoms with Crippen LogP contribution < -0.4 is 10.6 Å². The smallest absolute Gasteiger partial charge is 0.196 e. The van der Waals surface area contributed by atoms with E-state index in [0.29, 0.717) is 12.5 Å². The maximum absolute atomic E-state index is 13.4. The highest BCUT2D eigenvalue weighted by molar-refractivity contribution is 5.98. The van der Waals surface area contributed by atoms with Crippen LogP contribution in [-0.4, -0.2) is 43.1 Å². The molecular formula is C14H19FN4. The zero-order valence-electron chi connectivity index (χ0n) is 11.1. The van der Waals surface area contributed by atoms with Gasteiger partial charge in [-0.15, -0.1) is 0 Å². The number of likely N-dealkylation sites (tertiary alicyclic amines) is 1. The molecule has 1 spiro atoms. The third-order valence-corrected chi connectivity index (χ3v) is 4.22. The van der Waals surface area contributed by atoms with Crippen molar-refractivity contribution in [3.05, 3.63) is 30.1 Å². The van der Waals surface area contributed by atoms with Crippen molar-refractivity contribution in [3.8, 4) is 0 Å². The van der Waals surface area contributed by atoms with E-state index in [-0.39, 0.29) is 11.4 Å². The van der Waals surface area contributed by atoms with Crippen LogP contribution in [0.5, 0.6) is 0 Å².